The third-order valence-corrected chi connectivity index (χ3v) is 9.92. The number of carbonyl (C=O) groups is 4. The maximum absolute atomic E-state index is 14.6. The van der Waals surface area contributed by atoms with Crippen LogP contribution in [-0.2, 0) is 28.7 Å². The number of likely N-dealkylation sites (tertiary alicyclic amines) is 1. The van der Waals surface area contributed by atoms with Crippen LogP contribution in [0.5, 0.6) is 0 Å². The first-order chi connectivity index (χ1) is 22.2. The molecular weight excluding hydrogens is 586 g/mol. The van der Waals surface area contributed by atoms with Gasteiger partial charge < -0.3 is 29.7 Å². The molecule has 2 N–H and O–H groups in total. The van der Waals surface area contributed by atoms with E-state index in [9.17, 15) is 24.3 Å². The van der Waals surface area contributed by atoms with E-state index in [-0.39, 0.29) is 36.8 Å². The molecule has 3 amide bonds. The van der Waals surface area contributed by atoms with Crippen molar-refractivity contribution in [2.75, 3.05) is 19.7 Å². The molecule has 0 saturated carbocycles. The molecule has 0 aliphatic carbocycles. The number of hydrogen-bond donors (Lipinski definition) is 2. The zero-order valence-electron chi connectivity index (χ0n) is 27.3. The monoisotopic (exact) mass is 635 g/mol. The predicted molar refractivity (Wildman–Crippen MR) is 172 cm³/mol. The molecule has 10 nitrogen and oxygen atoms in total. The van der Waals surface area contributed by atoms with Gasteiger partial charge in [0.25, 0.3) is 0 Å². The fourth-order valence-corrected chi connectivity index (χ4v) is 7.68. The van der Waals surface area contributed by atoms with Crippen molar-refractivity contribution in [1.82, 2.24) is 15.1 Å². The van der Waals surface area contributed by atoms with Gasteiger partial charge in [-0.1, -0.05) is 80.8 Å². The zero-order chi connectivity index (χ0) is 32.8. The van der Waals surface area contributed by atoms with Gasteiger partial charge in [-0.25, -0.2) is 0 Å². The van der Waals surface area contributed by atoms with Crippen molar-refractivity contribution in [1.29, 1.82) is 0 Å². The summed E-state index contributed by atoms with van der Waals surface area (Å²) in [6, 6.07) is 7.80. The number of fused-ring (bicyclic) bond motifs is 2. The van der Waals surface area contributed by atoms with Gasteiger partial charge in [0.2, 0.25) is 17.7 Å². The van der Waals surface area contributed by atoms with Crippen molar-refractivity contribution < 1.29 is 33.8 Å². The Morgan fingerprint density at radius 2 is 1.80 bits per heavy atom. The molecular formula is C36H49N3O7. The number of rotatable bonds is 10. The Labute approximate surface area is 272 Å². The van der Waals surface area contributed by atoms with Crippen molar-refractivity contribution in [3.8, 4) is 0 Å². The molecule has 2 fully saturated rings. The lowest BCUT2D eigenvalue weighted by molar-refractivity contribution is -0.161. The van der Waals surface area contributed by atoms with Crippen LogP contribution >= 0.6 is 0 Å². The smallest absolute Gasteiger partial charge is 0.313 e. The standard InChI is InChI=1S/C36H49N3O7/c1-4-15-24(2)38-22-14-20-36-30(33(42)39(32(36)34(38)43)21-12-5-6-13-23-40)29-27(46-36)18-10-11-19-28(41)37-25(3)31(45-35(29)44)26-16-8-7-9-17-26/h7-10,14,16-18,20,24-25,27,29-32,40H,4-6,11-13,15,19,21-23H2,1-3H3,(H,37,41)/b18-10-/t24?,25-,27-,29+,30+,31+,32-,36+/m1/s1. The topological polar surface area (TPSA) is 125 Å². The third-order valence-electron chi connectivity index (χ3n) is 9.92. The van der Waals surface area contributed by atoms with Gasteiger partial charge >= 0.3 is 5.97 Å². The van der Waals surface area contributed by atoms with Crippen LogP contribution in [0.15, 0.2) is 54.6 Å². The van der Waals surface area contributed by atoms with Gasteiger partial charge in [0.1, 0.15) is 23.7 Å². The van der Waals surface area contributed by atoms with Crippen molar-refractivity contribution in [2.45, 2.75) is 108 Å². The maximum atomic E-state index is 14.6. The number of hydrogen-bond acceptors (Lipinski definition) is 7. The number of unbranched alkanes of at least 4 members (excludes halogenated alkanes) is 3. The highest BCUT2D eigenvalue weighted by Gasteiger charge is 2.71. The molecule has 2 saturated heterocycles. The van der Waals surface area contributed by atoms with Gasteiger partial charge in [-0.3, -0.25) is 19.2 Å². The molecule has 250 valence electrons. The highest BCUT2D eigenvalue weighted by Crippen LogP contribution is 2.53. The first kappa shape index (κ1) is 33.9. The van der Waals surface area contributed by atoms with Crippen LogP contribution in [-0.4, -0.2) is 88.1 Å². The van der Waals surface area contributed by atoms with E-state index in [1.807, 2.05) is 67.3 Å². The maximum Gasteiger partial charge on any atom is 0.313 e. The number of aliphatic hydroxyl groups is 1. The van der Waals surface area contributed by atoms with E-state index in [4.69, 9.17) is 9.47 Å². The van der Waals surface area contributed by atoms with Gasteiger partial charge in [0, 0.05) is 32.2 Å². The highest BCUT2D eigenvalue weighted by molar-refractivity contribution is 5.99. The minimum atomic E-state index is -1.35. The SMILES string of the molecule is CCCC(C)N1CC=C[C@]23O[C@@H]4/C=C\CCC(=O)N[C@H](C)[C@@H](c5ccccc5)OC(=O)[C@@H]4[C@H]2C(=O)N(CCCCCCO)[C@@H]3C1=O. The molecule has 1 spiro atoms. The van der Waals surface area contributed by atoms with E-state index in [0.717, 1.165) is 31.2 Å². The number of amides is 3. The summed E-state index contributed by atoms with van der Waals surface area (Å²) < 4.78 is 13.1. The van der Waals surface area contributed by atoms with Crippen LogP contribution in [0.1, 0.15) is 83.8 Å². The molecule has 4 aliphatic rings. The predicted octanol–water partition coefficient (Wildman–Crippen LogP) is 3.85. The Hall–Kier alpha value is -3.50. The first-order valence-electron chi connectivity index (χ1n) is 17.0. The van der Waals surface area contributed by atoms with Gasteiger partial charge in [-0.05, 0) is 45.1 Å². The summed E-state index contributed by atoms with van der Waals surface area (Å²) in [6.45, 7) is 6.78. The lowest BCUT2D eigenvalue weighted by Gasteiger charge is -2.37. The van der Waals surface area contributed by atoms with Crippen LogP contribution in [0, 0.1) is 11.8 Å². The summed E-state index contributed by atoms with van der Waals surface area (Å²) in [5.41, 5.74) is -0.618. The first-order valence-corrected chi connectivity index (χ1v) is 17.0. The van der Waals surface area contributed by atoms with Gasteiger partial charge in [-0.2, -0.15) is 0 Å². The molecule has 0 bridgehead atoms. The number of carbonyl (C=O) groups excluding carboxylic acids is 4. The van der Waals surface area contributed by atoms with Crippen LogP contribution in [0.25, 0.3) is 0 Å². The van der Waals surface area contributed by atoms with E-state index in [0.29, 0.717) is 32.4 Å². The number of esters is 1. The van der Waals surface area contributed by atoms with Gasteiger partial charge in [0.15, 0.2) is 0 Å². The number of aliphatic hydroxyl groups excluding tert-OH is 1. The summed E-state index contributed by atoms with van der Waals surface area (Å²) in [5.74, 6) is -3.14. The highest BCUT2D eigenvalue weighted by atomic mass is 16.6. The number of nitrogens with one attached hydrogen (secondary N) is 1. The van der Waals surface area contributed by atoms with E-state index >= 15 is 0 Å². The van der Waals surface area contributed by atoms with Crippen molar-refractivity contribution in [3.63, 3.8) is 0 Å². The molecule has 0 radical (unpaired) electrons. The van der Waals surface area contributed by atoms with E-state index in [1.54, 1.807) is 11.0 Å². The number of ether oxygens (including phenoxy) is 2. The van der Waals surface area contributed by atoms with E-state index < -0.39 is 47.7 Å². The molecule has 5 rings (SSSR count). The number of allylic oxidation sites excluding steroid dienone is 1. The quantitative estimate of drug-likeness (QED) is 0.227. The number of nitrogens with zero attached hydrogens (tertiary/aromatic N) is 2. The molecule has 8 atom stereocenters. The van der Waals surface area contributed by atoms with Crippen LogP contribution in [0.4, 0.5) is 0 Å². The Bertz CT molecular complexity index is 1320. The Morgan fingerprint density at radius 3 is 2.54 bits per heavy atom. The largest absolute Gasteiger partial charge is 0.455 e. The summed E-state index contributed by atoms with van der Waals surface area (Å²) in [7, 11) is 0. The number of cyclic esters (lactones) is 1. The number of benzene rings is 1. The van der Waals surface area contributed by atoms with Crippen LogP contribution < -0.4 is 5.32 Å². The van der Waals surface area contributed by atoms with Crippen molar-refractivity contribution in [2.24, 2.45) is 11.8 Å². The zero-order valence-corrected chi connectivity index (χ0v) is 27.3. The van der Waals surface area contributed by atoms with Gasteiger partial charge in [0.05, 0.1) is 18.1 Å². The second kappa shape index (κ2) is 14.9. The van der Waals surface area contributed by atoms with Crippen molar-refractivity contribution >= 4 is 23.7 Å². The molecule has 46 heavy (non-hydrogen) atoms. The van der Waals surface area contributed by atoms with Gasteiger partial charge in [-0.15, -0.1) is 0 Å². The fourth-order valence-electron chi connectivity index (χ4n) is 7.68. The molecule has 4 aliphatic heterocycles. The van der Waals surface area contributed by atoms with E-state index in [1.165, 1.54) is 0 Å². The van der Waals surface area contributed by atoms with E-state index in [2.05, 4.69) is 12.2 Å². The summed E-state index contributed by atoms with van der Waals surface area (Å²) >= 11 is 0. The summed E-state index contributed by atoms with van der Waals surface area (Å²) in [6.07, 6.45) is 11.1. The Balaban J connectivity index is 1.55. The second-order valence-electron chi connectivity index (χ2n) is 13.1. The van der Waals surface area contributed by atoms with Crippen LogP contribution in [0.3, 0.4) is 0 Å². The lowest BCUT2D eigenvalue weighted by atomic mass is 9.77. The molecule has 4 heterocycles. The summed E-state index contributed by atoms with van der Waals surface area (Å²) in [4.78, 5) is 59.7. The minimum Gasteiger partial charge on any atom is -0.455 e. The average Bonchev–Trinajstić information content (AvgIpc) is 3.42. The Morgan fingerprint density at radius 1 is 1.04 bits per heavy atom. The average molecular weight is 636 g/mol. The fraction of sp³-hybridized carbons (Fsp3) is 0.611. The Kier molecular flexibility index (Phi) is 11.0. The van der Waals surface area contributed by atoms with Crippen molar-refractivity contribution in [3.05, 3.63) is 60.2 Å². The summed E-state index contributed by atoms with van der Waals surface area (Å²) in [5, 5.41) is 12.2. The molecule has 1 aromatic carbocycles. The minimum absolute atomic E-state index is 0.0320. The van der Waals surface area contributed by atoms with Crippen LogP contribution in [0.2, 0.25) is 0 Å². The third kappa shape index (κ3) is 6.65. The molecule has 1 aromatic rings. The lowest BCUT2D eigenvalue weighted by Crippen LogP contribution is -2.56. The normalized spacial score (nSPS) is 32.8. The second-order valence-corrected chi connectivity index (χ2v) is 13.1. The molecule has 1 unspecified atom stereocenters. The molecule has 0 aromatic heterocycles. The molecule has 10 heteroatoms.